The molecule has 0 spiro atoms. The van der Waals surface area contributed by atoms with Crippen LogP contribution in [0.1, 0.15) is 16.7 Å². The molecule has 3 aromatic rings. The first kappa shape index (κ1) is 21.9. The van der Waals surface area contributed by atoms with Crippen molar-refractivity contribution in [3.63, 3.8) is 0 Å². The molecule has 1 amide bonds. The number of aromatic nitrogens is 2. The summed E-state index contributed by atoms with van der Waals surface area (Å²) in [6.45, 7) is 2.06. The monoisotopic (exact) mass is 510 g/mol. The Labute approximate surface area is 188 Å². The van der Waals surface area contributed by atoms with Gasteiger partial charge in [-0.3, -0.25) is 4.79 Å². The molecule has 0 bridgehead atoms. The molecule has 150 valence electrons. The molecule has 5 nitrogen and oxygen atoms in total. The lowest BCUT2D eigenvalue weighted by atomic mass is 10.2. The highest BCUT2D eigenvalue weighted by atomic mass is 79.9. The fraction of sp³-hybridized carbons (Fsp3) is 0.158. The first-order valence-electron chi connectivity index (χ1n) is 8.41. The van der Waals surface area contributed by atoms with E-state index < -0.39 is 5.82 Å². The van der Waals surface area contributed by atoms with E-state index in [1.165, 1.54) is 46.5 Å². The van der Waals surface area contributed by atoms with E-state index in [1.54, 1.807) is 23.9 Å². The van der Waals surface area contributed by atoms with Gasteiger partial charge in [-0.2, -0.15) is 5.10 Å². The summed E-state index contributed by atoms with van der Waals surface area (Å²) < 4.78 is 15.9. The van der Waals surface area contributed by atoms with Gasteiger partial charge in [0.1, 0.15) is 5.82 Å². The van der Waals surface area contributed by atoms with Crippen molar-refractivity contribution >= 4 is 62.9 Å². The smallest absolute Gasteiger partial charge is 0.250 e. The standard InChI is InChI=1S/C19H16BrFN4OS3/c1-12-2-4-13(5-3-12)10-27-18-24-25-19(29-18)28-11-17(26)23-22-9-14-8-15(20)6-7-16(14)21/h2-9H,10-11H2,1H3,(H,23,26). The van der Waals surface area contributed by atoms with Crippen LogP contribution >= 0.6 is 50.8 Å². The molecule has 0 unspecified atom stereocenters. The van der Waals surface area contributed by atoms with Crippen molar-refractivity contribution < 1.29 is 9.18 Å². The van der Waals surface area contributed by atoms with Gasteiger partial charge in [0.25, 0.3) is 5.91 Å². The summed E-state index contributed by atoms with van der Waals surface area (Å²) >= 11 is 7.62. The van der Waals surface area contributed by atoms with Crippen LogP contribution in [-0.2, 0) is 10.5 Å². The van der Waals surface area contributed by atoms with Crippen LogP contribution in [0.4, 0.5) is 4.39 Å². The summed E-state index contributed by atoms with van der Waals surface area (Å²) in [5, 5.41) is 12.0. The van der Waals surface area contributed by atoms with Crippen molar-refractivity contribution in [2.45, 2.75) is 21.4 Å². The van der Waals surface area contributed by atoms with Crippen molar-refractivity contribution in [2.75, 3.05) is 5.75 Å². The van der Waals surface area contributed by atoms with Gasteiger partial charge in [0.2, 0.25) is 0 Å². The minimum atomic E-state index is -0.412. The highest BCUT2D eigenvalue weighted by molar-refractivity contribution is 9.10. The maximum atomic E-state index is 13.6. The van der Waals surface area contributed by atoms with Crippen LogP contribution in [0.3, 0.4) is 0 Å². The molecule has 0 aliphatic rings. The van der Waals surface area contributed by atoms with Crippen molar-refractivity contribution in [1.29, 1.82) is 0 Å². The summed E-state index contributed by atoms with van der Waals surface area (Å²) in [7, 11) is 0. The topological polar surface area (TPSA) is 67.2 Å². The number of thioether (sulfide) groups is 2. The second kappa shape index (κ2) is 10.9. The number of hydrazone groups is 1. The molecule has 10 heteroatoms. The average Bonchev–Trinajstić information content (AvgIpc) is 3.16. The predicted molar refractivity (Wildman–Crippen MR) is 121 cm³/mol. The number of carbonyl (C=O) groups is 1. The van der Waals surface area contributed by atoms with Gasteiger partial charge in [0.15, 0.2) is 8.68 Å². The van der Waals surface area contributed by atoms with Gasteiger partial charge < -0.3 is 0 Å². The number of benzene rings is 2. The third-order valence-corrected chi connectivity index (χ3v) is 7.30. The van der Waals surface area contributed by atoms with Crippen molar-refractivity contribution in [1.82, 2.24) is 15.6 Å². The van der Waals surface area contributed by atoms with E-state index in [9.17, 15) is 9.18 Å². The maximum absolute atomic E-state index is 13.6. The highest BCUT2D eigenvalue weighted by Gasteiger charge is 2.09. The summed E-state index contributed by atoms with van der Waals surface area (Å²) in [5.74, 6) is 0.257. The zero-order valence-corrected chi connectivity index (χ0v) is 19.3. The lowest BCUT2D eigenvalue weighted by Crippen LogP contribution is -2.19. The molecular formula is C19H16BrFN4OS3. The van der Waals surface area contributed by atoms with Crippen LogP contribution < -0.4 is 5.43 Å². The fourth-order valence-electron chi connectivity index (χ4n) is 2.09. The number of hydrogen-bond acceptors (Lipinski definition) is 7. The summed E-state index contributed by atoms with van der Waals surface area (Å²) in [4.78, 5) is 11.9. The molecule has 0 saturated heterocycles. The number of aryl methyl sites for hydroxylation is 1. The quantitative estimate of drug-likeness (QED) is 0.253. The van der Waals surface area contributed by atoms with Gasteiger partial charge in [0.05, 0.1) is 12.0 Å². The highest BCUT2D eigenvalue weighted by Crippen LogP contribution is 2.30. The number of rotatable bonds is 8. The number of nitrogens with one attached hydrogen (secondary N) is 1. The van der Waals surface area contributed by atoms with Gasteiger partial charge >= 0.3 is 0 Å². The van der Waals surface area contributed by atoms with Crippen LogP contribution in [0.15, 0.2) is 60.7 Å². The van der Waals surface area contributed by atoms with Crippen molar-refractivity contribution in [3.05, 3.63) is 69.4 Å². The van der Waals surface area contributed by atoms with Crippen LogP contribution in [0, 0.1) is 12.7 Å². The molecule has 0 aliphatic carbocycles. The van der Waals surface area contributed by atoms with Crippen LogP contribution in [0.25, 0.3) is 0 Å². The van der Waals surface area contributed by atoms with Crippen LogP contribution in [-0.4, -0.2) is 28.1 Å². The van der Waals surface area contributed by atoms with Crippen molar-refractivity contribution in [2.24, 2.45) is 5.10 Å². The molecule has 1 N–H and O–H groups in total. The molecule has 0 aliphatic heterocycles. The van der Waals surface area contributed by atoms with Crippen LogP contribution in [0.5, 0.6) is 0 Å². The van der Waals surface area contributed by atoms with E-state index in [0.29, 0.717) is 4.34 Å². The number of nitrogens with zero attached hydrogens (tertiary/aromatic N) is 3. The summed E-state index contributed by atoms with van der Waals surface area (Å²) in [5.41, 5.74) is 5.13. The fourth-order valence-corrected chi connectivity index (χ4v) is 5.24. The Balaban J connectivity index is 1.43. The van der Waals surface area contributed by atoms with Gasteiger partial charge in [0, 0.05) is 15.8 Å². The Kier molecular flexibility index (Phi) is 8.22. The number of amides is 1. The molecule has 0 radical (unpaired) electrons. The maximum Gasteiger partial charge on any atom is 0.250 e. The SMILES string of the molecule is Cc1ccc(CSc2nnc(SCC(=O)NN=Cc3cc(Br)ccc3F)s2)cc1. The lowest BCUT2D eigenvalue weighted by molar-refractivity contribution is -0.118. The second-order valence-electron chi connectivity index (χ2n) is 5.86. The molecule has 0 atom stereocenters. The minimum Gasteiger partial charge on any atom is -0.272 e. The first-order chi connectivity index (χ1) is 14.0. The Morgan fingerprint density at radius 1 is 1.21 bits per heavy atom. The summed E-state index contributed by atoms with van der Waals surface area (Å²) in [6, 6.07) is 12.9. The zero-order valence-electron chi connectivity index (χ0n) is 15.3. The van der Waals surface area contributed by atoms with E-state index in [0.717, 1.165) is 14.6 Å². The molecule has 2 aromatic carbocycles. The second-order valence-corrected chi connectivity index (χ2v) is 10.2. The minimum absolute atomic E-state index is 0.148. The van der Waals surface area contributed by atoms with Crippen LogP contribution in [0.2, 0.25) is 0 Å². The largest absolute Gasteiger partial charge is 0.272 e. The van der Waals surface area contributed by atoms with Gasteiger partial charge in [-0.25, -0.2) is 9.82 Å². The van der Waals surface area contributed by atoms with Crippen molar-refractivity contribution in [3.8, 4) is 0 Å². The lowest BCUT2D eigenvalue weighted by Gasteiger charge is -1.99. The third-order valence-electron chi connectivity index (χ3n) is 3.55. The molecule has 29 heavy (non-hydrogen) atoms. The number of carbonyl (C=O) groups excluding carboxylic acids is 1. The third kappa shape index (κ3) is 7.22. The first-order valence-corrected chi connectivity index (χ1v) is 12.0. The normalized spacial score (nSPS) is 11.1. The molecule has 1 heterocycles. The predicted octanol–water partition coefficient (Wildman–Crippen LogP) is 5.28. The van der Waals surface area contributed by atoms with E-state index in [1.807, 2.05) is 0 Å². The molecule has 0 saturated carbocycles. The number of halogens is 2. The molecule has 1 aromatic heterocycles. The van der Waals surface area contributed by atoms with Gasteiger partial charge in [-0.1, -0.05) is 80.6 Å². The Morgan fingerprint density at radius 2 is 1.93 bits per heavy atom. The number of hydrogen-bond donors (Lipinski definition) is 1. The Morgan fingerprint density at radius 3 is 2.69 bits per heavy atom. The van der Waals surface area contributed by atoms with Gasteiger partial charge in [-0.15, -0.1) is 10.2 Å². The Bertz CT molecular complexity index is 1010. The molecule has 0 fully saturated rings. The zero-order chi connectivity index (χ0) is 20.6. The molecule has 3 rings (SSSR count). The van der Waals surface area contributed by atoms with Gasteiger partial charge in [-0.05, 0) is 30.7 Å². The summed E-state index contributed by atoms with van der Waals surface area (Å²) in [6.07, 6.45) is 1.27. The van der Waals surface area contributed by atoms with E-state index in [4.69, 9.17) is 0 Å². The average molecular weight is 511 g/mol. The van der Waals surface area contributed by atoms with E-state index in [-0.39, 0.29) is 17.2 Å². The van der Waals surface area contributed by atoms with E-state index in [2.05, 4.69) is 67.8 Å². The molecular weight excluding hydrogens is 495 g/mol. The van der Waals surface area contributed by atoms with E-state index >= 15 is 0 Å². The Hall–Kier alpha value is -1.75.